The summed E-state index contributed by atoms with van der Waals surface area (Å²) in [4.78, 5) is 24.8. The van der Waals surface area contributed by atoms with Gasteiger partial charge in [-0.15, -0.1) is 0 Å². The Morgan fingerprint density at radius 2 is 1.96 bits per heavy atom. The van der Waals surface area contributed by atoms with E-state index >= 15 is 0 Å². The van der Waals surface area contributed by atoms with Crippen molar-refractivity contribution >= 4 is 17.6 Å². The first kappa shape index (κ1) is 18.1. The van der Waals surface area contributed by atoms with Gasteiger partial charge in [-0.1, -0.05) is 0 Å². The maximum Gasteiger partial charge on any atom is 0.437 e. The minimum Gasteiger partial charge on any atom is -0.343 e. The van der Waals surface area contributed by atoms with Gasteiger partial charge in [0.25, 0.3) is 0 Å². The Morgan fingerprint density at radius 1 is 1.33 bits per heavy atom. The Morgan fingerprint density at radius 3 is 2.50 bits per heavy atom. The van der Waals surface area contributed by atoms with Crippen molar-refractivity contribution in [3.63, 3.8) is 0 Å². The molecule has 1 saturated heterocycles. The summed E-state index contributed by atoms with van der Waals surface area (Å²) in [5.74, 6) is 0.220. The molecule has 10 heteroatoms. The van der Waals surface area contributed by atoms with Crippen molar-refractivity contribution in [2.24, 2.45) is 13.0 Å². The summed E-state index contributed by atoms with van der Waals surface area (Å²) in [7, 11) is 1.35. The van der Waals surface area contributed by atoms with Gasteiger partial charge in [0, 0.05) is 39.8 Å². The van der Waals surface area contributed by atoms with Crippen LogP contribution in [0.5, 0.6) is 0 Å². The molecule has 1 aliphatic heterocycles. The summed E-state index contributed by atoms with van der Waals surface area (Å²) < 4.78 is 39.4. The minimum absolute atomic E-state index is 0.0235. The minimum atomic E-state index is -4.64. The number of anilines is 1. The van der Waals surface area contributed by atoms with Gasteiger partial charge >= 0.3 is 12.2 Å². The molecule has 2 heterocycles. The number of amides is 3. The van der Waals surface area contributed by atoms with E-state index in [-0.39, 0.29) is 17.5 Å². The molecule has 0 spiro atoms. The highest BCUT2D eigenvalue weighted by atomic mass is 19.4. The molecular formula is C14H20F3N5O2. The molecule has 1 aromatic heterocycles. The number of aromatic nitrogens is 2. The largest absolute Gasteiger partial charge is 0.437 e. The predicted molar refractivity (Wildman–Crippen MR) is 80.2 cm³/mol. The zero-order valence-electron chi connectivity index (χ0n) is 13.5. The fraction of sp³-hybridized carbons (Fsp3) is 0.643. The quantitative estimate of drug-likeness (QED) is 0.875. The lowest BCUT2D eigenvalue weighted by Crippen LogP contribution is -2.41. The van der Waals surface area contributed by atoms with Gasteiger partial charge in [-0.3, -0.25) is 9.48 Å². The molecule has 1 aliphatic rings. The van der Waals surface area contributed by atoms with Crippen molar-refractivity contribution in [2.75, 3.05) is 25.0 Å². The SMILES string of the molecule is CC(=O)N1CCC(CNC(=O)Nc2cn(C)nc2C(F)(F)F)CC1. The van der Waals surface area contributed by atoms with Crippen LogP contribution in [0.1, 0.15) is 25.5 Å². The average molecular weight is 347 g/mol. The first-order valence-corrected chi connectivity index (χ1v) is 7.58. The van der Waals surface area contributed by atoms with Gasteiger partial charge < -0.3 is 15.5 Å². The highest BCUT2D eigenvalue weighted by Crippen LogP contribution is 2.33. The highest BCUT2D eigenvalue weighted by Gasteiger charge is 2.37. The highest BCUT2D eigenvalue weighted by molar-refractivity contribution is 5.89. The Hall–Kier alpha value is -2.26. The summed E-state index contributed by atoms with van der Waals surface area (Å²) in [5, 5.41) is 8.08. The van der Waals surface area contributed by atoms with Gasteiger partial charge in [-0.05, 0) is 18.8 Å². The second-order valence-electron chi connectivity index (χ2n) is 5.85. The van der Waals surface area contributed by atoms with E-state index in [0.717, 1.165) is 23.7 Å². The van der Waals surface area contributed by atoms with Crippen LogP contribution in [0.15, 0.2) is 6.20 Å². The van der Waals surface area contributed by atoms with Crippen LogP contribution >= 0.6 is 0 Å². The number of likely N-dealkylation sites (tertiary alicyclic amines) is 1. The molecule has 0 aromatic carbocycles. The number of nitrogens with zero attached hydrogens (tertiary/aromatic N) is 3. The zero-order valence-corrected chi connectivity index (χ0v) is 13.5. The van der Waals surface area contributed by atoms with Crippen LogP contribution in [0.4, 0.5) is 23.7 Å². The first-order valence-electron chi connectivity index (χ1n) is 7.58. The van der Waals surface area contributed by atoms with E-state index in [1.165, 1.54) is 14.0 Å². The molecule has 1 aromatic rings. The Balaban J connectivity index is 1.84. The van der Waals surface area contributed by atoms with E-state index in [4.69, 9.17) is 0 Å². The number of piperidine rings is 1. The molecule has 0 radical (unpaired) electrons. The molecule has 1 fully saturated rings. The zero-order chi connectivity index (χ0) is 17.9. The topological polar surface area (TPSA) is 79.3 Å². The number of aryl methyl sites for hydroxylation is 1. The van der Waals surface area contributed by atoms with Gasteiger partial charge in [0.1, 0.15) is 0 Å². The standard InChI is InChI=1S/C14H20F3N5O2/c1-9(23)22-5-3-10(4-6-22)7-18-13(24)19-11-8-21(2)20-12(11)14(15,16)17/h8,10H,3-7H2,1-2H3,(H2,18,19,24). The monoisotopic (exact) mass is 347 g/mol. The third kappa shape index (κ3) is 4.62. The molecule has 7 nitrogen and oxygen atoms in total. The van der Waals surface area contributed by atoms with E-state index in [1.54, 1.807) is 4.90 Å². The normalized spacial score (nSPS) is 16.1. The molecule has 24 heavy (non-hydrogen) atoms. The summed E-state index contributed by atoms with van der Waals surface area (Å²) in [6.07, 6.45) is -2.03. The van der Waals surface area contributed by atoms with Crippen LogP contribution in [0, 0.1) is 5.92 Å². The molecule has 0 saturated carbocycles. The molecule has 0 unspecified atom stereocenters. The first-order chi connectivity index (χ1) is 11.2. The van der Waals surface area contributed by atoms with Crippen molar-refractivity contribution < 1.29 is 22.8 Å². The maximum atomic E-state index is 12.8. The third-order valence-electron chi connectivity index (χ3n) is 3.96. The van der Waals surface area contributed by atoms with E-state index in [2.05, 4.69) is 15.7 Å². The number of carbonyl (C=O) groups is 2. The fourth-order valence-electron chi connectivity index (χ4n) is 2.64. The molecule has 0 bridgehead atoms. The second-order valence-corrected chi connectivity index (χ2v) is 5.85. The summed E-state index contributed by atoms with van der Waals surface area (Å²) >= 11 is 0. The molecule has 3 amide bonds. The van der Waals surface area contributed by atoms with Gasteiger partial charge in [-0.25, -0.2) is 4.79 Å². The van der Waals surface area contributed by atoms with Gasteiger partial charge in [0.05, 0.1) is 5.69 Å². The van der Waals surface area contributed by atoms with E-state index in [0.29, 0.717) is 19.6 Å². The average Bonchev–Trinajstić information content (AvgIpc) is 2.86. The lowest BCUT2D eigenvalue weighted by atomic mass is 9.97. The van der Waals surface area contributed by atoms with Crippen LogP contribution in [0.25, 0.3) is 0 Å². The van der Waals surface area contributed by atoms with Gasteiger partial charge in [0.2, 0.25) is 5.91 Å². The molecule has 0 atom stereocenters. The van der Waals surface area contributed by atoms with Crippen LogP contribution in [-0.2, 0) is 18.0 Å². The number of alkyl halides is 3. The Bertz CT molecular complexity index is 606. The number of halogens is 3. The van der Waals surface area contributed by atoms with Crippen molar-refractivity contribution in [1.29, 1.82) is 0 Å². The van der Waals surface area contributed by atoms with Crippen molar-refractivity contribution in [3.05, 3.63) is 11.9 Å². The summed E-state index contributed by atoms with van der Waals surface area (Å²) in [6, 6.07) is -0.706. The maximum absolute atomic E-state index is 12.8. The van der Waals surface area contributed by atoms with Crippen molar-refractivity contribution in [1.82, 2.24) is 20.0 Å². The lowest BCUT2D eigenvalue weighted by Gasteiger charge is -2.31. The van der Waals surface area contributed by atoms with E-state index in [9.17, 15) is 22.8 Å². The third-order valence-corrected chi connectivity index (χ3v) is 3.96. The second kappa shape index (κ2) is 7.10. The predicted octanol–water partition coefficient (Wildman–Crippen LogP) is 1.82. The number of hydrogen-bond acceptors (Lipinski definition) is 3. The number of urea groups is 1. The van der Waals surface area contributed by atoms with Crippen LogP contribution in [-0.4, -0.2) is 46.3 Å². The molecular weight excluding hydrogens is 327 g/mol. The summed E-state index contributed by atoms with van der Waals surface area (Å²) in [6.45, 7) is 3.12. The number of nitrogens with one attached hydrogen (secondary N) is 2. The molecule has 134 valence electrons. The summed E-state index contributed by atoms with van der Waals surface area (Å²) in [5.41, 5.74) is -1.51. The van der Waals surface area contributed by atoms with E-state index < -0.39 is 17.9 Å². The van der Waals surface area contributed by atoms with Gasteiger partial charge in [0.15, 0.2) is 5.69 Å². The Labute approximate surface area is 137 Å². The smallest absolute Gasteiger partial charge is 0.343 e. The molecule has 0 aliphatic carbocycles. The number of hydrogen-bond donors (Lipinski definition) is 2. The lowest BCUT2D eigenvalue weighted by molar-refractivity contribution is -0.140. The molecule has 2 rings (SSSR count). The Kier molecular flexibility index (Phi) is 5.35. The number of carbonyl (C=O) groups excluding carboxylic acids is 2. The van der Waals surface area contributed by atoms with Crippen LogP contribution < -0.4 is 10.6 Å². The number of rotatable bonds is 3. The van der Waals surface area contributed by atoms with Crippen molar-refractivity contribution in [2.45, 2.75) is 25.9 Å². The fourth-order valence-corrected chi connectivity index (χ4v) is 2.64. The van der Waals surface area contributed by atoms with Gasteiger partial charge in [-0.2, -0.15) is 18.3 Å². The molecule has 2 N–H and O–H groups in total. The van der Waals surface area contributed by atoms with Crippen molar-refractivity contribution in [3.8, 4) is 0 Å². The van der Waals surface area contributed by atoms with E-state index in [1.807, 2.05) is 0 Å². The van der Waals surface area contributed by atoms with Crippen LogP contribution in [0.3, 0.4) is 0 Å². The van der Waals surface area contributed by atoms with Crippen LogP contribution in [0.2, 0.25) is 0 Å².